The van der Waals surface area contributed by atoms with Gasteiger partial charge >= 0.3 is 0 Å². The Kier molecular flexibility index (Phi) is 5.06. The molecule has 0 fully saturated rings. The standard InChI is InChI=1S/C15H12ClN3O2/c16-13-8-2-3-9-14(13)18-17-11-5-7-12-6-1-4-10-15(12)19(20)21/h1-11,18H/b7-5+,17-11-. The van der Waals surface area contributed by atoms with Gasteiger partial charge in [-0.15, -0.1) is 0 Å². The van der Waals surface area contributed by atoms with E-state index in [1.807, 2.05) is 12.1 Å². The molecule has 0 bridgehead atoms. The van der Waals surface area contributed by atoms with Crippen molar-refractivity contribution in [2.45, 2.75) is 0 Å². The Balaban J connectivity index is 2.01. The number of para-hydroxylation sites is 2. The SMILES string of the molecule is O=[N+]([O-])c1ccccc1/C=C/C=N\Nc1ccccc1Cl. The largest absolute Gasteiger partial charge is 0.277 e. The van der Waals surface area contributed by atoms with Gasteiger partial charge in [-0.1, -0.05) is 35.9 Å². The van der Waals surface area contributed by atoms with Crippen molar-refractivity contribution in [3.05, 3.63) is 75.3 Å². The lowest BCUT2D eigenvalue weighted by atomic mass is 10.2. The molecule has 0 unspecified atom stereocenters. The minimum atomic E-state index is -0.418. The quantitative estimate of drug-likeness (QED) is 0.507. The molecule has 6 heteroatoms. The van der Waals surface area contributed by atoms with Crippen molar-refractivity contribution in [3.63, 3.8) is 0 Å². The highest BCUT2D eigenvalue weighted by atomic mass is 35.5. The van der Waals surface area contributed by atoms with E-state index in [0.717, 1.165) is 0 Å². The Hall–Kier alpha value is -2.66. The van der Waals surface area contributed by atoms with E-state index in [2.05, 4.69) is 10.5 Å². The van der Waals surface area contributed by atoms with Crippen LogP contribution in [0.1, 0.15) is 5.56 Å². The molecule has 0 heterocycles. The molecule has 2 aromatic rings. The average Bonchev–Trinajstić information content (AvgIpc) is 2.49. The Morgan fingerprint density at radius 1 is 1.14 bits per heavy atom. The fraction of sp³-hybridized carbons (Fsp3) is 0. The Labute approximate surface area is 126 Å². The molecule has 1 N–H and O–H groups in total. The summed E-state index contributed by atoms with van der Waals surface area (Å²) in [6.07, 6.45) is 4.74. The second-order valence-electron chi connectivity index (χ2n) is 4.04. The van der Waals surface area contributed by atoms with Crippen molar-refractivity contribution in [2.24, 2.45) is 5.10 Å². The molecule has 0 saturated carbocycles. The number of nitrogens with zero attached hydrogens (tertiary/aromatic N) is 2. The van der Waals surface area contributed by atoms with E-state index in [0.29, 0.717) is 16.3 Å². The first-order valence-corrected chi connectivity index (χ1v) is 6.50. The molecule has 2 aromatic carbocycles. The first-order valence-electron chi connectivity index (χ1n) is 6.12. The predicted octanol–water partition coefficient (Wildman–Crippen LogP) is 4.36. The Bertz CT molecular complexity index is 699. The topological polar surface area (TPSA) is 67.5 Å². The number of hydrazone groups is 1. The van der Waals surface area contributed by atoms with Gasteiger partial charge in [0.2, 0.25) is 0 Å². The summed E-state index contributed by atoms with van der Waals surface area (Å²) in [7, 11) is 0. The summed E-state index contributed by atoms with van der Waals surface area (Å²) >= 11 is 5.96. The minimum absolute atomic E-state index is 0.0567. The number of hydrogen-bond acceptors (Lipinski definition) is 4. The molecule has 0 aliphatic heterocycles. The van der Waals surface area contributed by atoms with Crippen molar-refractivity contribution < 1.29 is 4.92 Å². The summed E-state index contributed by atoms with van der Waals surface area (Å²) in [5.41, 5.74) is 4.06. The fourth-order valence-corrected chi connectivity index (χ4v) is 1.82. The van der Waals surface area contributed by atoms with Crippen molar-refractivity contribution in [1.82, 2.24) is 0 Å². The molecular weight excluding hydrogens is 290 g/mol. The molecule has 0 saturated heterocycles. The van der Waals surface area contributed by atoms with Gasteiger partial charge in [0.05, 0.1) is 21.2 Å². The maximum Gasteiger partial charge on any atom is 0.276 e. The molecule has 2 rings (SSSR count). The van der Waals surface area contributed by atoms with E-state index in [4.69, 9.17) is 11.6 Å². The minimum Gasteiger partial charge on any atom is -0.277 e. The van der Waals surface area contributed by atoms with Crippen LogP contribution in [0.25, 0.3) is 6.08 Å². The third-order valence-corrected chi connectivity index (χ3v) is 2.96. The zero-order valence-corrected chi connectivity index (χ0v) is 11.7. The first-order chi connectivity index (χ1) is 10.2. The Morgan fingerprint density at radius 2 is 1.86 bits per heavy atom. The maximum absolute atomic E-state index is 10.8. The summed E-state index contributed by atoms with van der Waals surface area (Å²) in [5.74, 6) is 0. The molecule has 0 aliphatic carbocycles. The molecule has 0 radical (unpaired) electrons. The summed E-state index contributed by atoms with van der Waals surface area (Å²) in [6, 6.07) is 13.7. The molecule has 0 spiro atoms. The van der Waals surface area contributed by atoms with Crippen LogP contribution in [0.2, 0.25) is 5.02 Å². The van der Waals surface area contributed by atoms with E-state index >= 15 is 0 Å². The van der Waals surface area contributed by atoms with E-state index < -0.39 is 4.92 Å². The highest BCUT2D eigenvalue weighted by Gasteiger charge is 2.08. The smallest absolute Gasteiger partial charge is 0.276 e. The lowest BCUT2D eigenvalue weighted by molar-refractivity contribution is -0.385. The number of allylic oxidation sites excluding steroid dienone is 1. The van der Waals surface area contributed by atoms with Crippen LogP contribution < -0.4 is 5.43 Å². The molecule has 0 aromatic heterocycles. The van der Waals surface area contributed by atoms with Crippen molar-refractivity contribution >= 4 is 35.3 Å². The predicted molar refractivity (Wildman–Crippen MR) is 85.7 cm³/mol. The number of nitrogens with one attached hydrogen (secondary N) is 1. The highest BCUT2D eigenvalue weighted by Crippen LogP contribution is 2.20. The van der Waals surface area contributed by atoms with Crippen LogP contribution in [0.15, 0.2) is 59.7 Å². The van der Waals surface area contributed by atoms with Gasteiger partial charge in [0.1, 0.15) is 0 Å². The fourth-order valence-electron chi connectivity index (χ4n) is 1.64. The Morgan fingerprint density at radius 3 is 2.62 bits per heavy atom. The van der Waals surface area contributed by atoms with Gasteiger partial charge in [0.25, 0.3) is 5.69 Å². The van der Waals surface area contributed by atoms with Gasteiger partial charge in [-0.3, -0.25) is 15.5 Å². The van der Waals surface area contributed by atoms with E-state index in [-0.39, 0.29) is 5.69 Å². The molecule has 0 aliphatic rings. The molecule has 0 amide bonds. The monoisotopic (exact) mass is 301 g/mol. The van der Waals surface area contributed by atoms with Crippen LogP contribution in [0, 0.1) is 10.1 Å². The zero-order valence-electron chi connectivity index (χ0n) is 10.9. The molecule has 21 heavy (non-hydrogen) atoms. The third-order valence-electron chi connectivity index (χ3n) is 2.63. The lowest BCUT2D eigenvalue weighted by Gasteiger charge is -2.00. The van der Waals surface area contributed by atoms with Gasteiger partial charge in [-0.25, -0.2) is 0 Å². The zero-order chi connectivity index (χ0) is 15.1. The number of anilines is 1. The second kappa shape index (κ2) is 7.21. The summed E-state index contributed by atoms with van der Waals surface area (Å²) in [5, 5.41) is 15.4. The first kappa shape index (κ1) is 14.7. The number of rotatable bonds is 5. The van der Waals surface area contributed by atoms with Gasteiger partial charge < -0.3 is 0 Å². The van der Waals surface area contributed by atoms with Crippen LogP contribution in [-0.2, 0) is 0 Å². The number of hydrogen-bond donors (Lipinski definition) is 1. The lowest BCUT2D eigenvalue weighted by Crippen LogP contribution is -1.91. The van der Waals surface area contributed by atoms with E-state index in [1.165, 1.54) is 12.3 Å². The third kappa shape index (κ3) is 4.15. The van der Waals surface area contributed by atoms with Crippen molar-refractivity contribution in [2.75, 3.05) is 5.43 Å². The van der Waals surface area contributed by atoms with Crippen LogP contribution in [0.5, 0.6) is 0 Å². The van der Waals surface area contributed by atoms with Crippen LogP contribution >= 0.6 is 11.6 Å². The average molecular weight is 302 g/mol. The van der Waals surface area contributed by atoms with Crippen LogP contribution in [0.3, 0.4) is 0 Å². The number of nitro groups is 1. The number of nitro benzene ring substituents is 1. The van der Waals surface area contributed by atoms with E-state index in [9.17, 15) is 10.1 Å². The molecule has 106 valence electrons. The summed E-state index contributed by atoms with van der Waals surface area (Å²) in [6.45, 7) is 0. The van der Waals surface area contributed by atoms with E-state index in [1.54, 1.807) is 42.5 Å². The number of benzene rings is 2. The second-order valence-corrected chi connectivity index (χ2v) is 4.45. The van der Waals surface area contributed by atoms with Gasteiger partial charge in [-0.05, 0) is 30.4 Å². The van der Waals surface area contributed by atoms with Gasteiger partial charge in [0.15, 0.2) is 0 Å². The maximum atomic E-state index is 10.8. The molecule has 5 nitrogen and oxygen atoms in total. The summed E-state index contributed by atoms with van der Waals surface area (Å²) in [4.78, 5) is 10.4. The van der Waals surface area contributed by atoms with Crippen molar-refractivity contribution in [3.8, 4) is 0 Å². The van der Waals surface area contributed by atoms with Crippen molar-refractivity contribution in [1.29, 1.82) is 0 Å². The van der Waals surface area contributed by atoms with Crippen LogP contribution in [0.4, 0.5) is 11.4 Å². The summed E-state index contributed by atoms with van der Waals surface area (Å²) < 4.78 is 0. The molecule has 0 atom stereocenters. The van der Waals surface area contributed by atoms with Gasteiger partial charge in [-0.2, -0.15) is 5.10 Å². The molecular formula is C15H12ClN3O2. The number of halogens is 1. The highest BCUT2D eigenvalue weighted by molar-refractivity contribution is 6.33. The van der Waals surface area contributed by atoms with Gasteiger partial charge in [0, 0.05) is 12.3 Å². The van der Waals surface area contributed by atoms with Crippen LogP contribution in [-0.4, -0.2) is 11.1 Å². The normalized spacial score (nSPS) is 11.1.